The normalized spacial score (nSPS) is 32.7. The highest BCUT2D eigenvalue weighted by molar-refractivity contribution is 5.69. The average molecular weight is 649 g/mol. The van der Waals surface area contributed by atoms with Gasteiger partial charge in [-0.25, -0.2) is 0 Å². The third-order valence-corrected chi connectivity index (χ3v) is 13.9. The fourth-order valence-electron chi connectivity index (χ4n) is 11.1. The maximum absolute atomic E-state index is 12.8. The minimum Gasteiger partial charge on any atom is -0.462 e. The summed E-state index contributed by atoms with van der Waals surface area (Å²) in [7, 11) is 0. The molecule has 4 aliphatic carbocycles. The molecule has 0 spiro atoms. The van der Waals surface area contributed by atoms with Crippen molar-refractivity contribution in [2.24, 2.45) is 46.3 Å². The second-order valence-corrected chi connectivity index (χ2v) is 17.6. The molecule has 3 saturated carbocycles. The molecule has 0 aromatic rings. The summed E-state index contributed by atoms with van der Waals surface area (Å²) >= 11 is 0. The summed E-state index contributed by atoms with van der Waals surface area (Å²) in [5, 5.41) is 0. The van der Waals surface area contributed by atoms with Crippen molar-refractivity contribution in [1.82, 2.24) is 0 Å². The van der Waals surface area contributed by atoms with Crippen molar-refractivity contribution in [3.8, 4) is 0 Å². The number of allylic oxidation sites excluding steroid dienone is 5. The first kappa shape index (κ1) is 38.5. The quantitative estimate of drug-likeness (QED) is 0.0746. The molecular formula is C45H76O2. The highest BCUT2D eigenvalue weighted by Gasteiger charge is 2.59. The van der Waals surface area contributed by atoms with Crippen molar-refractivity contribution in [2.45, 2.75) is 195 Å². The first-order valence-corrected chi connectivity index (χ1v) is 20.9. The van der Waals surface area contributed by atoms with E-state index in [1.807, 2.05) is 0 Å². The molecule has 4 rings (SSSR count). The van der Waals surface area contributed by atoms with Crippen LogP contribution in [0.25, 0.3) is 0 Å². The lowest BCUT2D eigenvalue weighted by molar-refractivity contribution is -0.151. The summed E-state index contributed by atoms with van der Waals surface area (Å²) in [6, 6.07) is 0. The number of fused-ring (bicyclic) bond motifs is 5. The van der Waals surface area contributed by atoms with Crippen LogP contribution in [-0.4, -0.2) is 12.1 Å². The van der Waals surface area contributed by atoms with E-state index in [2.05, 4.69) is 71.9 Å². The molecule has 268 valence electrons. The third kappa shape index (κ3) is 10.6. The van der Waals surface area contributed by atoms with Crippen molar-refractivity contribution in [2.75, 3.05) is 0 Å². The van der Waals surface area contributed by atoms with Gasteiger partial charge in [0.15, 0.2) is 0 Å². The first-order chi connectivity index (χ1) is 22.7. The Morgan fingerprint density at radius 1 is 0.830 bits per heavy atom. The molecule has 0 aromatic heterocycles. The molecule has 0 N–H and O–H groups in total. The van der Waals surface area contributed by atoms with E-state index in [9.17, 15) is 4.79 Å². The van der Waals surface area contributed by atoms with Gasteiger partial charge >= 0.3 is 5.97 Å². The van der Waals surface area contributed by atoms with E-state index in [1.54, 1.807) is 5.57 Å². The molecule has 0 saturated heterocycles. The van der Waals surface area contributed by atoms with Crippen LogP contribution in [0.5, 0.6) is 0 Å². The van der Waals surface area contributed by atoms with Gasteiger partial charge in [-0.05, 0) is 130 Å². The summed E-state index contributed by atoms with van der Waals surface area (Å²) in [5.41, 5.74) is 2.52. The Kier molecular flexibility index (Phi) is 15.7. The Labute approximate surface area is 292 Å². The molecule has 8 unspecified atom stereocenters. The van der Waals surface area contributed by atoms with Crippen LogP contribution >= 0.6 is 0 Å². The van der Waals surface area contributed by atoms with Crippen LogP contribution in [0.15, 0.2) is 36.0 Å². The largest absolute Gasteiger partial charge is 0.462 e. The van der Waals surface area contributed by atoms with Crippen molar-refractivity contribution in [3.05, 3.63) is 36.0 Å². The maximum Gasteiger partial charge on any atom is 0.306 e. The molecule has 8 atom stereocenters. The van der Waals surface area contributed by atoms with Gasteiger partial charge in [0, 0.05) is 12.8 Å². The zero-order chi connectivity index (χ0) is 33.7. The van der Waals surface area contributed by atoms with E-state index in [-0.39, 0.29) is 12.1 Å². The van der Waals surface area contributed by atoms with Crippen LogP contribution in [0.1, 0.15) is 189 Å². The van der Waals surface area contributed by atoms with E-state index in [0.29, 0.717) is 17.3 Å². The Bertz CT molecular complexity index is 1020. The first-order valence-electron chi connectivity index (χ1n) is 20.9. The highest BCUT2D eigenvalue weighted by Crippen LogP contribution is 2.67. The number of esters is 1. The number of ether oxygens (including phenoxy) is 1. The third-order valence-electron chi connectivity index (χ3n) is 13.9. The molecule has 0 bridgehead atoms. The van der Waals surface area contributed by atoms with Crippen molar-refractivity contribution < 1.29 is 9.53 Å². The summed E-state index contributed by atoms with van der Waals surface area (Å²) in [6.45, 7) is 14.9. The zero-order valence-corrected chi connectivity index (χ0v) is 32.0. The second kappa shape index (κ2) is 19.2. The summed E-state index contributed by atoms with van der Waals surface area (Å²) in [5.74, 6) is 5.30. The molecule has 3 fully saturated rings. The monoisotopic (exact) mass is 649 g/mol. The van der Waals surface area contributed by atoms with Crippen molar-refractivity contribution in [1.29, 1.82) is 0 Å². The van der Waals surface area contributed by atoms with Gasteiger partial charge < -0.3 is 4.74 Å². The standard InChI is InChI=1S/C45H76O2/c1-7-8-9-10-11-12-13-14-15-16-17-18-19-20-21-25-43(46)47-38-30-32-44(5)37(34-38)26-27-39-41-29-28-40(36(4)24-22-23-35(2)3)45(41,6)33-31-42(39)44/h11-12,14-15,26,35-36,38-42H,7-10,13,16-25,27-34H2,1-6H3/b12-11+,15-14+. The topological polar surface area (TPSA) is 26.3 Å². The summed E-state index contributed by atoms with van der Waals surface area (Å²) in [4.78, 5) is 12.8. The van der Waals surface area contributed by atoms with E-state index in [0.717, 1.165) is 67.6 Å². The van der Waals surface area contributed by atoms with Gasteiger partial charge in [-0.1, -0.05) is 129 Å². The SMILES string of the molecule is CCCCC/C=C/C/C=C/CCCCCCCC(=O)OC1CCC2(C)C(=CCC3C2CCC2(C)C(C(C)CCCC(C)C)CCC32)C1. The van der Waals surface area contributed by atoms with Crippen LogP contribution in [0.3, 0.4) is 0 Å². The van der Waals surface area contributed by atoms with Crippen LogP contribution in [0, 0.1) is 46.3 Å². The Morgan fingerprint density at radius 3 is 2.30 bits per heavy atom. The van der Waals surface area contributed by atoms with Gasteiger partial charge in [-0.2, -0.15) is 0 Å². The number of carbonyl (C=O) groups excluding carboxylic acids is 1. The lowest BCUT2D eigenvalue weighted by Crippen LogP contribution is -2.51. The van der Waals surface area contributed by atoms with Gasteiger partial charge in [0.25, 0.3) is 0 Å². The van der Waals surface area contributed by atoms with Crippen molar-refractivity contribution in [3.63, 3.8) is 0 Å². The highest BCUT2D eigenvalue weighted by atomic mass is 16.5. The zero-order valence-electron chi connectivity index (χ0n) is 32.0. The molecule has 4 aliphatic rings. The van der Waals surface area contributed by atoms with Gasteiger partial charge in [0.1, 0.15) is 6.10 Å². The number of unbranched alkanes of at least 4 members (excludes halogenated alkanes) is 8. The van der Waals surface area contributed by atoms with Crippen LogP contribution < -0.4 is 0 Å². The predicted molar refractivity (Wildman–Crippen MR) is 202 cm³/mol. The van der Waals surface area contributed by atoms with Gasteiger partial charge in [0.2, 0.25) is 0 Å². The Balaban J connectivity index is 1.13. The van der Waals surface area contributed by atoms with E-state index in [4.69, 9.17) is 4.74 Å². The molecule has 2 heteroatoms. The second-order valence-electron chi connectivity index (χ2n) is 17.6. The Hall–Kier alpha value is -1.31. The summed E-state index contributed by atoms with van der Waals surface area (Å²) < 4.78 is 6.12. The van der Waals surface area contributed by atoms with Crippen LogP contribution in [-0.2, 0) is 9.53 Å². The van der Waals surface area contributed by atoms with Crippen LogP contribution in [0.2, 0.25) is 0 Å². The van der Waals surface area contributed by atoms with E-state index < -0.39 is 0 Å². The molecule has 0 aliphatic heterocycles. The minimum atomic E-state index is 0.0477. The maximum atomic E-state index is 12.8. The predicted octanol–water partition coefficient (Wildman–Crippen LogP) is 13.8. The molecular weight excluding hydrogens is 572 g/mol. The molecule has 0 aromatic carbocycles. The fourth-order valence-corrected chi connectivity index (χ4v) is 11.1. The van der Waals surface area contributed by atoms with E-state index in [1.165, 1.54) is 109 Å². The fraction of sp³-hybridized carbons (Fsp3) is 0.844. The Morgan fingerprint density at radius 2 is 1.55 bits per heavy atom. The van der Waals surface area contributed by atoms with E-state index >= 15 is 0 Å². The summed E-state index contributed by atoms with van der Waals surface area (Å²) in [6.07, 6.45) is 40.5. The minimum absolute atomic E-state index is 0.0477. The van der Waals surface area contributed by atoms with Gasteiger partial charge in [-0.15, -0.1) is 0 Å². The number of hydrogen-bond acceptors (Lipinski definition) is 2. The van der Waals surface area contributed by atoms with Crippen molar-refractivity contribution >= 4 is 5.97 Å². The lowest BCUT2D eigenvalue weighted by Gasteiger charge is -2.58. The number of hydrogen-bond donors (Lipinski definition) is 0. The number of rotatable bonds is 20. The smallest absolute Gasteiger partial charge is 0.306 e. The molecule has 47 heavy (non-hydrogen) atoms. The molecule has 0 heterocycles. The molecule has 0 radical (unpaired) electrons. The van der Waals surface area contributed by atoms with Crippen LogP contribution in [0.4, 0.5) is 0 Å². The van der Waals surface area contributed by atoms with Gasteiger partial charge in [-0.3, -0.25) is 4.79 Å². The van der Waals surface area contributed by atoms with Gasteiger partial charge in [0.05, 0.1) is 0 Å². The average Bonchev–Trinajstić information content (AvgIpc) is 3.40. The lowest BCUT2D eigenvalue weighted by atomic mass is 9.47. The number of carbonyl (C=O) groups is 1. The molecule has 0 amide bonds. The molecule has 2 nitrogen and oxygen atoms in total.